The van der Waals surface area contributed by atoms with Gasteiger partial charge in [-0.3, -0.25) is 0 Å². The number of nitrogens with zero attached hydrogens (tertiary/aromatic N) is 2. The molecule has 2 N–H and O–H groups in total. The highest BCUT2D eigenvalue weighted by atomic mass is 28.4. The minimum Gasteiger partial charge on any atom is -0.449 e. The van der Waals surface area contributed by atoms with Gasteiger partial charge in [0.25, 0.3) is 0 Å². The molecule has 16 heteroatoms. The number of ether oxygens (including phenoxy) is 2. The van der Waals surface area contributed by atoms with Crippen LogP contribution in [0.2, 0.25) is 12.1 Å². The van der Waals surface area contributed by atoms with Crippen molar-refractivity contribution in [1.29, 1.82) is 0 Å². The number of amides is 2. The number of aryl methyl sites for hydroxylation is 2. The molecule has 0 saturated heterocycles. The van der Waals surface area contributed by atoms with Gasteiger partial charge in [-0.25, -0.2) is 9.59 Å². The highest BCUT2D eigenvalue weighted by Crippen LogP contribution is 2.39. The summed E-state index contributed by atoms with van der Waals surface area (Å²) in [6, 6.07) is 52.2. The van der Waals surface area contributed by atoms with E-state index in [2.05, 4.69) is 180 Å². The van der Waals surface area contributed by atoms with E-state index < -0.39 is 29.8 Å². The summed E-state index contributed by atoms with van der Waals surface area (Å²) in [4.78, 5) is 29.3. The molecule has 14 nitrogen and oxygen atoms in total. The Labute approximate surface area is 427 Å². The lowest BCUT2D eigenvalue weighted by Crippen LogP contribution is -2.43. The van der Waals surface area contributed by atoms with E-state index in [-0.39, 0.29) is 13.2 Å². The second-order valence-electron chi connectivity index (χ2n) is 17.2. The molecule has 0 atom stereocenters. The normalized spacial score (nSPS) is 11.5. The second-order valence-corrected chi connectivity index (χ2v) is 23.4. The van der Waals surface area contributed by atoms with Crippen LogP contribution in [-0.2, 0) is 48.9 Å². The van der Waals surface area contributed by atoms with E-state index in [1.54, 1.807) is 42.7 Å². The predicted molar refractivity (Wildman–Crippen MR) is 289 cm³/mol. The van der Waals surface area contributed by atoms with Crippen LogP contribution in [0, 0.1) is 13.8 Å². The summed E-state index contributed by atoms with van der Waals surface area (Å²) < 4.78 is 43.7. The summed E-state index contributed by atoms with van der Waals surface area (Å²) in [5.74, 6) is 0. The van der Waals surface area contributed by atoms with Crippen molar-refractivity contribution in [2.24, 2.45) is 0 Å². The van der Waals surface area contributed by atoms with Gasteiger partial charge in [0, 0.05) is 115 Å². The third-order valence-corrected chi connectivity index (χ3v) is 18.1. The van der Waals surface area contributed by atoms with E-state index in [4.69, 9.17) is 36.0 Å². The van der Waals surface area contributed by atoms with E-state index in [0.717, 1.165) is 67.5 Å². The molecule has 0 saturated carbocycles. The largest absolute Gasteiger partial charge is 0.500 e. The molecule has 0 fully saturated rings. The predicted octanol–water partition coefficient (Wildman–Crippen LogP) is 12.0. The van der Waals surface area contributed by atoms with Crippen molar-refractivity contribution in [3.8, 4) is 11.1 Å². The van der Waals surface area contributed by atoms with E-state index >= 15 is 0 Å². The van der Waals surface area contributed by atoms with Crippen LogP contribution in [0.15, 0.2) is 146 Å². The van der Waals surface area contributed by atoms with Gasteiger partial charge in [-0.1, -0.05) is 72.8 Å². The van der Waals surface area contributed by atoms with Crippen LogP contribution < -0.4 is 20.4 Å². The number of nitrogens with one attached hydrogen (secondary N) is 2. The Hall–Kier alpha value is -6.35. The fourth-order valence-corrected chi connectivity index (χ4v) is 11.8. The Balaban J connectivity index is 1.08. The van der Waals surface area contributed by atoms with Crippen molar-refractivity contribution in [2.75, 3.05) is 78.8 Å². The molecule has 0 aliphatic carbocycles. The van der Waals surface area contributed by atoms with Gasteiger partial charge in [-0.15, -0.1) is 0 Å². The molecular weight excluding hydrogens is 945 g/mol. The van der Waals surface area contributed by atoms with Crippen LogP contribution in [0.25, 0.3) is 11.1 Å². The zero-order valence-corrected chi connectivity index (χ0v) is 44.9. The summed E-state index contributed by atoms with van der Waals surface area (Å²) in [6.07, 6.45) is 1.54. The zero-order chi connectivity index (χ0) is 51.4. The maximum atomic E-state index is 12.4. The summed E-state index contributed by atoms with van der Waals surface area (Å²) in [5, 5.41) is 5.60. The average Bonchev–Trinajstić information content (AvgIpc) is 3.41. The first-order valence-electron chi connectivity index (χ1n) is 24.2. The van der Waals surface area contributed by atoms with Crippen LogP contribution in [0.1, 0.15) is 35.1 Å². The standard InChI is InChI=1S/C56H70N4O10Si2/c1-43-13-9-15-53(41-43)59(49-25-17-45(18-26-49)33-37-69-55(61)57-35-11-39-71(63-3,64-4)65-5)51-29-21-47(22-30-51)48-23-31-52(32-24-48)60(54-16-10-14-44(2)42-54)50-27-19-46(20-28-50)34-38-70-56(62)58-36-12-40-72(66-6,67-7)68-8/h9-10,13-32,41-42H,11-12,33-40H2,1-8H3,(H,57,61)(H,58,62). The van der Waals surface area contributed by atoms with Gasteiger partial charge in [0.1, 0.15) is 0 Å². The van der Waals surface area contributed by atoms with Gasteiger partial charge in [0.2, 0.25) is 0 Å². The number of benzene rings is 6. The summed E-state index contributed by atoms with van der Waals surface area (Å²) in [6.45, 7) is 5.57. The minimum absolute atomic E-state index is 0.255. The Bertz CT molecular complexity index is 2400. The summed E-state index contributed by atoms with van der Waals surface area (Å²) in [7, 11) is 4.10. The number of alkyl carbamates (subject to hydrolysis) is 2. The molecule has 0 aromatic heterocycles. The molecule has 0 heterocycles. The van der Waals surface area contributed by atoms with Crippen LogP contribution in [0.4, 0.5) is 43.7 Å². The SMILES string of the molecule is CO[Si](CCCNC(=O)OCCc1ccc(N(c2ccc(-c3ccc(N(c4ccc(CCOC(=O)NCCC[Si](OC)(OC)OC)cc4)c4cccc(C)c4)cc3)cc2)c2cccc(C)c2)cc1)(OC)OC. The molecule has 6 rings (SSSR count). The first-order chi connectivity index (χ1) is 35.0. The Morgan fingerprint density at radius 1 is 0.431 bits per heavy atom. The highest BCUT2D eigenvalue weighted by molar-refractivity contribution is 6.60. The number of anilines is 6. The van der Waals surface area contributed by atoms with E-state index in [0.29, 0.717) is 50.9 Å². The lowest BCUT2D eigenvalue weighted by Gasteiger charge is -2.27. The van der Waals surface area contributed by atoms with Gasteiger partial charge in [-0.2, -0.15) is 0 Å². The Morgan fingerprint density at radius 2 is 0.750 bits per heavy atom. The summed E-state index contributed by atoms with van der Waals surface area (Å²) in [5.41, 5.74) is 12.8. The van der Waals surface area contributed by atoms with Gasteiger partial charge in [0.15, 0.2) is 0 Å². The molecule has 382 valence electrons. The van der Waals surface area contributed by atoms with E-state index in [9.17, 15) is 9.59 Å². The van der Waals surface area contributed by atoms with E-state index in [1.807, 2.05) is 0 Å². The molecule has 0 bridgehead atoms. The summed E-state index contributed by atoms with van der Waals surface area (Å²) >= 11 is 0. The smallest absolute Gasteiger partial charge is 0.449 e. The lowest BCUT2D eigenvalue weighted by atomic mass is 10.0. The molecule has 72 heavy (non-hydrogen) atoms. The van der Waals surface area contributed by atoms with E-state index in [1.165, 1.54) is 0 Å². The molecule has 6 aromatic rings. The molecule has 0 unspecified atom stereocenters. The van der Waals surface area contributed by atoms with Gasteiger partial charge in [-0.05, 0) is 133 Å². The highest BCUT2D eigenvalue weighted by Gasteiger charge is 2.37. The molecule has 0 aliphatic heterocycles. The lowest BCUT2D eigenvalue weighted by molar-refractivity contribution is 0.122. The third-order valence-electron chi connectivity index (χ3n) is 12.5. The van der Waals surface area contributed by atoms with Crippen molar-refractivity contribution >= 4 is 63.9 Å². The second kappa shape index (κ2) is 27.5. The van der Waals surface area contributed by atoms with Crippen molar-refractivity contribution < 1.29 is 45.6 Å². The number of carbonyl (C=O) groups excluding carboxylic acids is 2. The van der Waals surface area contributed by atoms with Gasteiger partial charge >= 0.3 is 29.8 Å². The fraction of sp³-hybridized carbons (Fsp3) is 0.321. The van der Waals surface area contributed by atoms with Gasteiger partial charge < -0.3 is 56.5 Å². The quantitative estimate of drug-likeness (QED) is 0.0375. The third kappa shape index (κ3) is 15.3. The molecular formula is C56H70N4O10Si2. The first-order valence-corrected chi connectivity index (χ1v) is 28.1. The maximum absolute atomic E-state index is 12.4. The monoisotopic (exact) mass is 1010 g/mol. The maximum Gasteiger partial charge on any atom is 0.500 e. The molecule has 6 aromatic carbocycles. The van der Waals surface area contributed by atoms with Crippen molar-refractivity contribution in [1.82, 2.24) is 10.6 Å². The van der Waals surface area contributed by atoms with Crippen LogP contribution in [0.5, 0.6) is 0 Å². The van der Waals surface area contributed by atoms with Gasteiger partial charge in [0.05, 0.1) is 13.2 Å². The molecule has 0 spiro atoms. The van der Waals surface area contributed by atoms with Crippen molar-refractivity contribution in [3.05, 3.63) is 168 Å². The number of hydrogen-bond acceptors (Lipinski definition) is 12. The van der Waals surface area contributed by atoms with Crippen LogP contribution >= 0.6 is 0 Å². The molecule has 0 aliphatic rings. The Kier molecular flexibility index (Phi) is 21.0. The first kappa shape index (κ1) is 55.0. The molecule has 2 amide bonds. The Morgan fingerprint density at radius 3 is 1.06 bits per heavy atom. The van der Waals surface area contributed by atoms with Crippen molar-refractivity contribution in [2.45, 2.75) is 51.6 Å². The van der Waals surface area contributed by atoms with Crippen LogP contribution in [0.3, 0.4) is 0 Å². The van der Waals surface area contributed by atoms with Crippen molar-refractivity contribution in [3.63, 3.8) is 0 Å². The molecule has 0 radical (unpaired) electrons. The number of rotatable bonds is 27. The average molecular weight is 1020 g/mol. The zero-order valence-electron chi connectivity index (χ0n) is 42.9. The van der Waals surface area contributed by atoms with Crippen LogP contribution in [-0.4, -0.2) is 98.8 Å². The number of carbonyl (C=O) groups is 2. The minimum atomic E-state index is -2.68. The number of hydrogen-bond donors (Lipinski definition) is 2. The fourth-order valence-electron chi connectivity index (χ4n) is 8.39. The topological polar surface area (TPSA) is 139 Å².